The fourth-order valence-corrected chi connectivity index (χ4v) is 3.59. The van der Waals surface area contributed by atoms with Crippen LogP contribution in [-0.4, -0.2) is 25.3 Å². The third-order valence-electron chi connectivity index (χ3n) is 3.76. The molecule has 0 radical (unpaired) electrons. The van der Waals surface area contributed by atoms with Crippen LogP contribution in [0.2, 0.25) is 0 Å². The summed E-state index contributed by atoms with van der Waals surface area (Å²) in [5.74, 6) is -0.151. The summed E-state index contributed by atoms with van der Waals surface area (Å²) in [5.41, 5.74) is 2.83. The third-order valence-corrected chi connectivity index (χ3v) is 4.73. The maximum atomic E-state index is 14.3. The standard InChI is InChI=1S/C20H20FNO2S/c1-14-22-20(19(25-14)12-15-6-4-3-5-7-15)16-8-9-18(17(21)13-16)24-11-10-23-2/h3-9,13H,10-12H2,1-2H3. The second kappa shape index (κ2) is 8.23. The molecule has 0 saturated carbocycles. The van der Waals surface area contributed by atoms with Gasteiger partial charge in [-0.15, -0.1) is 11.3 Å². The summed E-state index contributed by atoms with van der Waals surface area (Å²) >= 11 is 1.65. The van der Waals surface area contributed by atoms with Crippen molar-refractivity contribution in [2.75, 3.05) is 20.3 Å². The molecule has 3 nitrogen and oxygen atoms in total. The van der Waals surface area contributed by atoms with E-state index in [1.54, 1.807) is 24.5 Å². The van der Waals surface area contributed by atoms with Gasteiger partial charge < -0.3 is 9.47 Å². The molecular formula is C20H20FNO2S. The van der Waals surface area contributed by atoms with Crippen LogP contribution < -0.4 is 4.74 Å². The second-order valence-corrected chi connectivity index (χ2v) is 6.94. The highest BCUT2D eigenvalue weighted by Crippen LogP contribution is 2.32. The number of methoxy groups -OCH3 is 1. The maximum absolute atomic E-state index is 14.3. The summed E-state index contributed by atoms with van der Waals surface area (Å²) in [7, 11) is 1.58. The zero-order valence-electron chi connectivity index (χ0n) is 14.3. The molecule has 0 aliphatic rings. The van der Waals surface area contributed by atoms with Crippen molar-refractivity contribution in [2.24, 2.45) is 0 Å². The molecule has 0 fully saturated rings. The van der Waals surface area contributed by atoms with Crippen LogP contribution in [0.15, 0.2) is 48.5 Å². The first kappa shape index (κ1) is 17.6. The van der Waals surface area contributed by atoms with E-state index in [0.717, 1.165) is 27.6 Å². The van der Waals surface area contributed by atoms with Gasteiger partial charge in [0.05, 0.1) is 17.3 Å². The Kier molecular flexibility index (Phi) is 5.79. The molecule has 0 aliphatic heterocycles. The molecule has 0 amide bonds. The van der Waals surface area contributed by atoms with Gasteiger partial charge in [0.15, 0.2) is 11.6 Å². The first-order chi connectivity index (χ1) is 12.2. The summed E-state index contributed by atoms with van der Waals surface area (Å²) in [6, 6.07) is 15.2. The third kappa shape index (κ3) is 4.44. The van der Waals surface area contributed by atoms with E-state index >= 15 is 0 Å². The number of hydrogen-bond donors (Lipinski definition) is 0. The van der Waals surface area contributed by atoms with E-state index < -0.39 is 0 Å². The zero-order chi connectivity index (χ0) is 17.6. The van der Waals surface area contributed by atoms with Gasteiger partial charge in [0, 0.05) is 24.0 Å². The molecule has 5 heteroatoms. The van der Waals surface area contributed by atoms with E-state index in [4.69, 9.17) is 9.47 Å². The van der Waals surface area contributed by atoms with Crippen molar-refractivity contribution in [1.82, 2.24) is 4.98 Å². The molecule has 0 spiro atoms. The molecule has 1 heterocycles. The van der Waals surface area contributed by atoms with Gasteiger partial charge in [0.2, 0.25) is 0 Å². The monoisotopic (exact) mass is 357 g/mol. The van der Waals surface area contributed by atoms with Crippen LogP contribution in [0, 0.1) is 12.7 Å². The van der Waals surface area contributed by atoms with Gasteiger partial charge in [0.1, 0.15) is 6.61 Å². The first-order valence-electron chi connectivity index (χ1n) is 8.09. The lowest BCUT2D eigenvalue weighted by atomic mass is 10.1. The van der Waals surface area contributed by atoms with Crippen LogP contribution in [0.3, 0.4) is 0 Å². The molecule has 1 aromatic heterocycles. The highest BCUT2D eigenvalue weighted by Gasteiger charge is 2.14. The number of aryl methyl sites for hydroxylation is 1. The van der Waals surface area contributed by atoms with Crippen LogP contribution in [0.5, 0.6) is 5.75 Å². The van der Waals surface area contributed by atoms with Gasteiger partial charge in [-0.25, -0.2) is 9.37 Å². The van der Waals surface area contributed by atoms with Crippen LogP contribution in [0.25, 0.3) is 11.3 Å². The molecule has 0 unspecified atom stereocenters. The summed E-state index contributed by atoms with van der Waals surface area (Å²) in [5, 5.41) is 0.974. The lowest BCUT2D eigenvalue weighted by Crippen LogP contribution is -2.05. The van der Waals surface area contributed by atoms with Crippen LogP contribution >= 0.6 is 11.3 Å². The molecule has 0 N–H and O–H groups in total. The molecule has 3 rings (SSSR count). The van der Waals surface area contributed by atoms with Crippen molar-refractivity contribution < 1.29 is 13.9 Å². The fraction of sp³-hybridized carbons (Fsp3) is 0.250. The Morgan fingerprint density at radius 1 is 1.08 bits per heavy atom. The summed E-state index contributed by atoms with van der Waals surface area (Å²) < 4.78 is 24.6. The predicted octanol–water partition coefficient (Wildman–Crippen LogP) is 4.87. The number of thiazole rings is 1. The fourth-order valence-electron chi connectivity index (χ4n) is 2.60. The lowest BCUT2D eigenvalue weighted by molar-refractivity contribution is 0.144. The van der Waals surface area contributed by atoms with E-state index in [9.17, 15) is 4.39 Å². The van der Waals surface area contributed by atoms with Gasteiger partial charge in [0.25, 0.3) is 0 Å². The minimum atomic E-state index is -0.384. The molecule has 130 valence electrons. The molecule has 0 saturated heterocycles. The Morgan fingerprint density at radius 2 is 1.88 bits per heavy atom. The van der Waals surface area contributed by atoms with Gasteiger partial charge in [-0.3, -0.25) is 0 Å². The largest absolute Gasteiger partial charge is 0.488 e. The maximum Gasteiger partial charge on any atom is 0.165 e. The normalized spacial score (nSPS) is 10.8. The SMILES string of the molecule is COCCOc1ccc(-c2nc(C)sc2Cc2ccccc2)cc1F. The number of nitrogens with zero attached hydrogens (tertiary/aromatic N) is 1. The average molecular weight is 357 g/mol. The molecule has 25 heavy (non-hydrogen) atoms. The van der Waals surface area contributed by atoms with Gasteiger partial charge in [-0.2, -0.15) is 0 Å². The molecule has 0 bridgehead atoms. The molecule has 2 aromatic carbocycles. The number of halogens is 1. The highest BCUT2D eigenvalue weighted by molar-refractivity contribution is 7.12. The van der Waals surface area contributed by atoms with Gasteiger partial charge in [-0.05, 0) is 30.7 Å². The van der Waals surface area contributed by atoms with Crippen molar-refractivity contribution in [1.29, 1.82) is 0 Å². The summed E-state index contributed by atoms with van der Waals surface area (Å²) in [6.45, 7) is 2.72. The van der Waals surface area contributed by atoms with Gasteiger partial charge >= 0.3 is 0 Å². The van der Waals surface area contributed by atoms with E-state index in [0.29, 0.717) is 13.2 Å². The number of aromatic nitrogens is 1. The van der Waals surface area contributed by atoms with E-state index in [2.05, 4.69) is 17.1 Å². The number of benzene rings is 2. The summed E-state index contributed by atoms with van der Waals surface area (Å²) in [4.78, 5) is 5.75. The van der Waals surface area contributed by atoms with Crippen LogP contribution in [0.4, 0.5) is 4.39 Å². The second-order valence-electron chi connectivity index (χ2n) is 5.65. The first-order valence-corrected chi connectivity index (χ1v) is 8.91. The smallest absolute Gasteiger partial charge is 0.165 e. The minimum Gasteiger partial charge on any atom is -0.488 e. The van der Waals surface area contributed by atoms with Crippen molar-refractivity contribution in [3.05, 3.63) is 69.8 Å². The Labute approximate surface area is 151 Å². The Balaban J connectivity index is 1.85. The zero-order valence-corrected chi connectivity index (χ0v) is 15.1. The minimum absolute atomic E-state index is 0.234. The highest BCUT2D eigenvalue weighted by atomic mass is 32.1. The quantitative estimate of drug-likeness (QED) is 0.565. The lowest BCUT2D eigenvalue weighted by Gasteiger charge is -2.08. The van der Waals surface area contributed by atoms with E-state index in [1.807, 2.05) is 31.2 Å². The molecule has 3 aromatic rings. The molecule has 0 atom stereocenters. The van der Waals surface area contributed by atoms with E-state index in [-0.39, 0.29) is 11.6 Å². The Hall–Kier alpha value is -2.24. The number of ether oxygens (including phenoxy) is 2. The topological polar surface area (TPSA) is 31.4 Å². The summed E-state index contributed by atoms with van der Waals surface area (Å²) in [6.07, 6.45) is 0.787. The Bertz CT molecular complexity index is 833. The molecular weight excluding hydrogens is 337 g/mol. The van der Waals surface area contributed by atoms with Crippen molar-refractivity contribution in [2.45, 2.75) is 13.3 Å². The van der Waals surface area contributed by atoms with Crippen molar-refractivity contribution >= 4 is 11.3 Å². The predicted molar refractivity (Wildman–Crippen MR) is 98.9 cm³/mol. The van der Waals surface area contributed by atoms with Gasteiger partial charge in [-0.1, -0.05) is 30.3 Å². The van der Waals surface area contributed by atoms with Crippen molar-refractivity contribution in [3.8, 4) is 17.0 Å². The van der Waals surface area contributed by atoms with Crippen molar-refractivity contribution in [3.63, 3.8) is 0 Å². The molecule has 0 aliphatic carbocycles. The number of hydrogen-bond acceptors (Lipinski definition) is 4. The van der Waals surface area contributed by atoms with Crippen LogP contribution in [0.1, 0.15) is 15.4 Å². The average Bonchev–Trinajstić information content (AvgIpc) is 2.97. The van der Waals surface area contributed by atoms with Crippen LogP contribution in [-0.2, 0) is 11.2 Å². The number of rotatable bonds is 7. The Morgan fingerprint density at radius 3 is 2.60 bits per heavy atom. The van der Waals surface area contributed by atoms with E-state index in [1.165, 1.54) is 11.6 Å².